The highest BCUT2D eigenvalue weighted by Gasteiger charge is 2.13. The summed E-state index contributed by atoms with van der Waals surface area (Å²) in [4.78, 5) is 21.1. The van der Waals surface area contributed by atoms with Crippen molar-refractivity contribution in [2.45, 2.75) is 13.8 Å². The van der Waals surface area contributed by atoms with E-state index in [1.165, 1.54) is 6.20 Å². The van der Waals surface area contributed by atoms with Crippen LogP contribution < -0.4 is 5.32 Å². The molecule has 0 aliphatic heterocycles. The lowest BCUT2D eigenvalue weighted by Crippen LogP contribution is -2.13. The van der Waals surface area contributed by atoms with Crippen molar-refractivity contribution in [1.82, 2.24) is 29.4 Å². The summed E-state index contributed by atoms with van der Waals surface area (Å²) in [5.41, 5.74) is 4.55. The highest BCUT2D eigenvalue weighted by Crippen LogP contribution is 2.15. The minimum absolute atomic E-state index is 0.275. The Morgan fingerprint density at radius 2 is 2.00 bits per heavy atom. The summed E-state index contributed by atoms with van der Waals surface area (Å²) in [5, 5.41) is 11.3. The lowest BCUT2D eigenvalue weighted by Gasteiger charge is -2.02. The normalized spacial score (nSPS) is 11.3. The van der Waals surface area contributed by atoms with E-state index in [4.69, 9.17) is 0 Å². The zero-order valence-electron chi connectivity index (χ0n) is 13.5. The average molecular weight is 321 g/mol. The smallest absolute Gasteiger partial charge is 0.258 e. The predicted molar refractivity (Wildman–Crippen MR) is 88.9 cm³/mol. The van der Waals surface area contributed by atoms with Gasteiger partial charge in [-0.1, -0.05) is 0 Å². The van der Waals surface area contributed by atoms with E-state index in [0.717, 1.165) is 22.4 Å². The Bertz CT molecular complexity index is 1090. The maximum atomic E-state index is 12.5. The van der Waals surface area contributed by atoms with Crippen molar-refractivity contribution in [3.63, 3.8) is 0 Å². The number of rotatable bonds is 2. The van der Waals surface area contributed by atoms with Crippen LogP contribution in [0.2, 0.25) is 0 Å². The second kappa shape index (κ2) is 5.12. The Morgan fingerprint density at radius 3 is 2.83 bits per heavy atom. The molecule has 4 aromatic heterocycles. The van der Waals surface area contributed by atoms with Crippen LogP contribution in [0.3, 0.4) is 0 Å². The average Bonchev–Trinajstić information content (AvgIpc) is 3.11. The molecule has 4 aromatic rings. The van der Waals surface area contributed by atoms with E-state index in [1.807, 2.05) is 27.0 Å². The number of aromatic nitrogens is 6. The Kier molecular flexibility index (Phi) is 3.05. The van der Waals surface area contributed by atoms with Gasteiger partial charge in [0.05, 0.1) is 17.3 Å². The molecule has 0 bridgehead atoms. The number of aryl methyl sites for hydroxylation is 3. The highest BCUT2D eigenvalue weighted by molar-refractivity contribution is 6.05. The summed E-state index contributed by atoms with van der Waals surface area (Å²) >= 11 is 0. The minimum Gasteiger partial charge on any atom is -0.305 e. The third-order valence-electron chi connectivity index (χ3n) is 3.84. The summed E-state index contributed by atoms with van der Waals surface area (Å²) in [5.74, 6) is 0.176. The van der Waals surface area contributed by atoms with E-state index in [0.29, 0.717) is 17.0 Å². The first-order valence-corrected chi connectivity index (χ1v) is 7.44. The zero-order valence-corrected chi connectivity index (χ0v) is 13.5. The third-order valence-corrected chi connectivity index (χ3v) is 3.84. The van der Waals surface area contributed by atoms with Gasteiger partial charge in [-0.05, 0) is 26.0 Å². The molecule has 0 saturated carbocycles. The van der Waals surface area contributed by atoms with Gasteiger partial charge in [0, 0.05) is 30.7 Å². The quantitative estimate of drug-likeness (QED) is 0.609. The van der Waals surface area contributed by atoms with Crippen LogP contribution in [0, 0.1) is 13.8 Å². The maximum Gasteiger partial charge on any atom is 0.258 e. The SMILES string of the molecule is Cc1cc(C)n2nc(NC(=O)c3cnc4cnn(C)c4c3)cc2n1. The van der Waals surface area contributed by atoms with Gasteiger partial charge in [-0.15, -0.1) is 5.10 Å². The molecule has 0 fully saturated rings. The van der Waals surface area contributed by atoms with Gasteiger partial charge in [0.1, 0.15) is 5.52 Å². The summed E-state index contributed by atoms with van der Waals surface area (Å²) < 4.78 is 3.38. The van der Waals surface area contributed by atoms with Crippen LogP contribution in [0.1, 0.15) is 21.7 Å². The Hall–Kier alpha value is -3.29. The van der Waals surface area contributed by atoms with Gasteiger partial charge in [-0.25, -0.2) is 9.50 Å². The van der Waals surface area contributed by atoms with Gasteiger partial charge < -0.3 is 5.32 Å². The van der Waals surface area contributed by atoms with Crippen LogP contribution in [-0.2, 0) is 7.05 Å². The van der Waals surface area contributed by atoms with E-state index in [2.05, 4.69) is 25.5 Å². The van der Waals surface area contributed by atoms with Crippen molar-refractivity contribution in [3.05, 3.63) is 47.5 Å². The molecule has 8 heteroatoms. The third kappa shape index (κ3) is 2.28. The molecule has 0 aliphatic rings. The molecule has 0 radical (unpaired) electrons. The molecule has 8 nitrogen and oxygen atoms in total. The van der Waals surface area contributed by atoms with E-state index in [1.54, 1.807) is 27.5 Å². The number of carbonyl (C=O) groups excluding carboxylic acids is 1. The fourth-order valence-electron chi connectivity index (χ4n) is 2.69. The monoisotopic (exact) mass is 321 g/mol. The van der Waals surface area contributed by atoms with Gasteiger partial charge in [0.15, 0.2) is 11.5 Å². The lowest BCUT2D eigenvalue weighted by molar-refractivity contribution is 0.102. The van der Waals surface area contributed by atoms with Crippen LogP contribution in [0.5, 0.6) is 0 Å². The van der Waals surface area contributed by atoms with Crippen LogP contribution >= 0.6 is 0 Å². The summed E-state index contributed by atoms with van der Waals surface area (Å²) in [6.45, 7) is 3.87. The highest BCUT2D eigenvalue weighted by atomic mass is 16.1. The minimum atomic E-state index is -0.275. The second-order valence-electron chi connectivity index (χ2n) is 5.69. The Morgan fingerprint density at radius 1 is 1.17 bits per heavy atom. The molecular weight excluding hydrogens is 306 g/mol. The zero-order chi connectivity index (χ0) is 16.8. The van der Waals surface area contributed by atoms with Gasteiger partial charge in [0.2, 0.25) is 0 Å². The van der Waals surface area contributed by atoms with Crippen molar-refractivity contribution in [2.75, 3.05) is 5.32 Å². The van der Waals surface area contributed by atoms with Crippen molar-refractivity contribution >= 4 is 28.4 Å². The molecule has 1 N–H and O–H groups in total. The number of anilines is 1. The number of nitrogens with zero attached hydrogens (tertiary/aromatic N) is 6. The molecule has 1 amide bonds. The second-order valence-corrected chi connectivity index (χ2v) is 5.69. The topological polar surface area (TPSA) is 90.0 Å². The van der Waals surface area contributed by atoms with E-state index in [-0.39, 0.29) is 5.91 Å². The number of nitrogens with one attached hydrogen (secondary N) is 1. The van der Waals surface area contributed by atoms with Crippen molar-refractivity contribution in [3.8, 4) is 0 Å². The van der Waals surface area contributed by atoms with Crippen molar-refractivity contribution < 1.29 is 4.79 Å². The molecule has 0 aliphatic carbocycles. The molecule has 0 unspecified atom stereocenters. The molecule has 120 valence electrons. The van der Waals surface area contributed by atoms with Gasteiger partial charge in [0.25, 0.3) is 5.91 Å². The number of pyridine rings is 1. The van der Waals surface area contributed by atoms with Crippen LogP contribution in [0.15, 0.2) is 30.6 Å². The Balaban J connectivity index is 1.67. The molecule has 4 rings (SSSR count). The predicted octanol–water partition coefficient (Wildman–Crippen LogP) is 1.88. The summed E-state index contributed by atoms with van der Waals surface area (Å²) in [6.07, 6.45) is 3.19. The van der Waals surface area contributed by atoms with Crippen molar-refractivity contribution in [2.24, 2.45) is 7.05 Å². The molecule has 0 saturated heterocycles. The number of amides is 1. The van der Waals surface area contributed by atoms with Crippen LogP contribution in [0.4, 0.5) is 5.82 Å². The van der Waals surface area contributed by atoms with Gasteiger partial charge in [-0.2, -0.15) is 5.10 Å². The van der Waals surface area contributed by atoms with Gasteiger partial charge >= 0.3 is 0 Å². The molecule has 24 heavy (non-hydrogen) atoms. The largest absolute Gasteiger partial charge is 0.305 e. The van der Waals surface area contributed by atoms with E-state index < -0.39 is 0 Å². The maximum absolute atomic E-state index is 12.5. The number of fused-ring (bicyclic) bond motifs is 2. The first-order chi connectivity index (χ1) is 11.5. The standard InChI is InChI=1S/C16H15N7O/c1-9-4-10(2)23-15(19-9)6-14(21-23)20-16(24)11-5-13-12(17-7-11)8-18-22(13)3/h4-8H,1-3H3,(H,20,21,24). The number of carbonyl (C=O) groups is 1. The van der Waals surface area contributed by atoms with Crippen LogP contribution in [-0.4, -0.2) is 35.3 Å². The van der Waals surface area contributed by atoms with Crippen molar-refractivity contribution in [1.29, 1.82) is 0 Å². The van der Waals surface area contributed by atoms with E-state index >= 15 is 0 Å². The Labute approximate surface area is 137 Å². The fraction of sp³-hybridized carbons (Fsp3) is 0.188. The first-order valence-electron chi connectivity index (χ1n) is 7.44. The number of hydrogen-bond acceptors (Lipinski definition) is 5. The van der Waals surface area contributed by atoms with E-state index in [9.17, 15) is 4.79 Å². The first kappa shape index (κ1) is 14.3. The summed E-state index contributed by atoms with van der Waals surface area (Å²) in [7, 11) is 1.81. The summed E-state index contributed by atoms with van der Waals surface area (Å²) in [6, 6.07) is 5.44. The lowest BCUT2D eigenvalue weighted by atomic mass is 10.2. The molecular formula is C16H15N7O. The molecule has 0 atom stereocenters. The molecule has 0 spiro atoms. The molecule has 4 heterocycles. The van der Waals surface area contributed by atoms with Gasteiger partial charge in [-0.3, -0.25) is 14.5 Å². The fourth-order valence-corrected chi connectivity index (χ4v) is 2.69. The van der Waals surface area contributed by atoms with Crippen LogP contribution in [0.25, 0.3) is 16.7 Å². The number of hydrogen-bond donors (Lipinski definition) is 1. The molecule has 0 aromatic carbocycles.